The van der Waals surface area contributed by atoms with Crippen LogP contribution in [0.2, 0.25) is 0 Å². The highest BCUT2D eigenvalue weighted by Gasteiger charge is 2.30. The standard InChI is InChI=1S/C58H112O17P2/c1-5-9-13-17-21-23-25-27-29-33-37-41-45-58(63)75-54(49-69-56(61)43-39-35-32-28-26-24-22-18-14-10-6-2)51-73-77(66,67)71-47-52(59)46-70-76(64,65)72-50-53(74-57(62)44-40-36-31-20-16-12-8-4)48-68-55(60)42-38-34-30-19-15-11-7-3/h52-54,59H,5-51H2,1-4H3,(H,64,65)(H,66,67)/t52-,53+,54+/m0/s1. The Morgan fingerprint density at radius 3 is 0.766 bits per heavy atom. The van der Waals surface area contributed by atoms with Crippen molar-refractivity contribution in [3.63, 3.8) is 0 Å². The maximum absolute atomic E-state index is 12.9. The van der Waals surface area contributed by atoms with Crippen molar-refractivity contribution in [1.82, 2.24) is 0 Å². The summed E-state index contributed by atoms with van der Waals surface area (Å²) in [6.07, 6.45) is 36.3. The summed E-state index contributed by atoms with van der Waals surface area (Å²) in [5.74, 6) is -2.15. The van der Waals surface area contributed by atoms with E-state index in [0.29, 0.717) is 25.7 Å². The number of phosphoric ester groups is 2. The number of phosphoric acid groups is 2. The molecule has 0 bridgehead atoms. The molecule has 0 saturated carbocycles. The van der Waals surface area contributed by atoms with E-state index in [1.165, 1.54) is 96.3 Å². The van der Waals surface area contributed by atoms with Crippen molar-refractivity contribution in [2.75, 3.05) is 39.6 Å². The summed E-state index contributed by atoms with van der Waals surface area (Å²) in [5.41, 5.74) is 0. The lowest BCUT2D eigenvalue weighted by Crippen LogP contribution is -2.30. The maximum Gasteiger partial charge on any atom is 0.472 e. The van der Waals surface area contributed by atoms with Crippen molar-refractivity contribution in [3.8, 4) is 0 Å². The van der Waals surface area contributed by atoms with Gasteiger partial charge in [-0.2, -0.15) is 0 Å². The molecular formula is C58H112O17P2. The van der Waals surface area contributed by atoms with Gasteiger partial charge in [0.1, 0.15) is 19.3 Å². The number of rotatable bonds is 59. The Morgan fingerprint density at radius 2 is 0.519 bits per heavy atom. The van der Waals surface area contributed by atoms with Gasteiger partial charge in [0.25, 0.3) is 0 Å². The Labute approximate surface area is 467 Å². The normalized spacial score (nSPS) is 14.3. The summed E-state index contributed by atoms with van der Waals surface area (Å²) in [7, 11) is -9.86. The number of esters is 4. The van der Waals surface area contributed by atoms with E-state index in [0.717, 1.165) is 116 Å². The molecule has 0 aliphatic heterocycles. The molecule has 0 rings (SSSR count). The number of carbonyl (C=O) groups is 4. The number of ether oxygens (including phenoxy) is 4. The van der Waals surface area contributed by atoms with Crippen LogP contribution in [-0.4, -0.2) is 96.7 Å². The van der Waals surface area contributed by atoms with E-state index in [-0.39, 0.29) is 25.7 Å². The maximum atomic E-state index is 12.9. The quantitative estimate of drug-likeness (QED) is 0.0222. The number of hydrogen-bond donors (Lipinski definition) is 3. The van der Waals surface area contributed by atoms with Gasteiger partial charge in [-0.05, 0) is 25.7 Å². The third-order valence-corrected chi connectivity index (χ3v) is 15.3. The van der Waals surface area contributed by atoms with Gasteiger partial charge in [0.05, 0.1) is 26.4 Å². The molecule has 0 aromatic heterocycles. The predicted molar refractivity (Wildman–Crippen MR) is 303 cm³/mol. The van der Waals surface area contributed by atoms with E-state index >= 15 is 0 Å². The van der Waals surface area contributed by atoms with Gasteiger partial charge in [-0.3, -0.25) is 37.3 Å². The zero-order valence-corrected chi connectivity index (χ0v) is 50.7. The second kappa shape index (κ2) is 53.4. The molecule has 0 aliphatic carbocycles. The molecule has 17 nitrogen and oxygen atoms in total. The van der Waals surface area contributed by atoms with Crippen LogP contribution in [0.4, 0.5) is 0 Å². The van der Waals surface area contributed by atoms with Gasteiger partial charge in [-0.15, -0.1) is 0 Å². The third kappa shape index (κ3) is 53.2. The number of aliphatic hydroxyl groups excluding tert-OH is 1. The summed E-state index contributed by atoms with van der Waals surface area (Å²) in [5, 5.41) is 10.5. The average molecular weight is 1140 g/mol. The van der Waals surface area contributed by atoms with Crippen molar-refractivity contribution in [1.29, 1.82) is 0 Å². The first kappa shape index (κ1) is 75.1. The van der Waals surface area contributed by atoms with Crippen LogP contribution in [0, 0.1) is 0 Å². The lowest BCUT2D eigenvalue weighted by Gasteiger charge is -2.21. The van der Waals surface area contributed by atoms with Crippen molar-refractivity contribution in [2.24, 2.45) is 0 Å². The Kier molecular flexibility index (Phi) is 52.0. The first-order valence-corrected chi connectivity index (χ1v) is 33.8. The van der Waals surface area contributed by atoms with Crippen molar-refractivity contribution < 1.29 is 80.2 Å². The minimum absolute atomic E-state index is 0.104. The van der Waals surface area contributed by atoms with Crippen LogP contribution in [0.15, 0.2) is 0 Å². The monoisotopic (exact) mass is 1140 g/mol. The van der Waals surface area contributed by atoms with Gasteiger partial charge in [0.15, 0.2) is 12.2 Å². The van der Waals surface area contributed by atoms with E-state index in [1.54, 1.807) is 0 Å². The first-order valence-electron chi connectivity index (χ1n) is 30.8. The summed E-state index contributed by atoms with van der Waals surface area (Å²) in [6, 6.07) is 0. The molecule has 5 atom stereocenters. The molecule has 0 amide bonds. The minimum atomic E-state index is -4.93. The third-order valence-electron chi connectivity index (χ3n) is 13.4. The highest BCUT2D eigenvalue weighted by Crippen LogP contribution is 2.45. The molecule has 0 aromatic rings. The van der Waals surface area contributed by atoms with E-state index in [2.05, 4.69) is 27.7 Å². The Morgan fingerprint density at radius 1 is 0.312 bits per heavy atom. The fourth-order valence-electron chi connectivity index (χ4n) is 8.57. The van der Waals surface area contributed by atoms with Gasteiger partial charge in [-0.1, -0.05) is 240 Å². The molecule has 0 aliphatic rings. The highest BCUT2D eigenvalue weighted by atomic mass is 31.2. The second-order valence-electron chi connectivity index (χ2n) is 21.0. The van der Waals surface area contributed by atoms with E-state index in [1.807, 2.05) is 0 Å². The van der Waals surface area contributed by atoms with Gasteiger partial charge >= 0.3 is 39.5 Å². The molecular weight excluding hydrogens is 1030 g/mol. The largest absolute Gasteiger partial charge is 0.472 e. The lowest BCUT2D eigenvalue weighted by molar-refractivity contribution is -0.161. The average Bonchev–Trinajstić information content (AvgIpc) is 3.40. The molecule has 0 radical (unpaired) electrons. The zero-order chi connectivity index (χ0) is 56.9. The van der Waals surface area contributed by atoms with Crippen LogP contribution in [0.3, 0.4) is 0 Å². The fourth-order valence-corrected chi connectivity index (χ4v) is 10.2. The van der Waals surface area contributed by atoms with Crippen molar-refractivity contribution in [2.45, 2.75) is 309 Å². The molecule has 3 N–H and O–H groups in total. The smallest absolute Gasteiger partial charge is 0.462 e. The molecule has 456 valence electrons. The molecule has 0 aromatic carbocycles. The lowest BCUT2D eigenvalue weighted by atomic mass is 10.0. The van der Waals surface area contributed by atoms with Gasteiger partial charge in [0, 0.05) is 25.7 Å². The number of aliphatic hydroxyl groups is 1. The number of hydrogen-bond acceptors (Lipinski definition) is 15. The molecule has 0 saturated heterocycles. The van der Waals surface area contributed by atoms with Crippen LogP contribution < -0.4 is 0 Å². The Hall–Kier alpha value is -1.94. The van der Waals surface area contributed by atoms with Gasteiger partial charge < -0.3 is 33.8 Å². The summed E-state index contributed by atoms with van der Waals surface area (Å²) < 4.78 is 67.5. The summed E-state index contributed by atoms with van der Waals surface area (Å²) in [6.45, 7) is 4.76. The van der Waals surface area contributed by atoms with Gasteiger partial charge in [0.2, 0.25) is 0 Å². The van der Waals surface area contributed by atoms with Crippen LogP contribution in [-0.2, 0) is 65.4 Å². The van der Waals surface area contributed by atoms with Gasteiger partial charge in [-0.25, -0.2) is 9.13 Å². The SMILES string of the molecule is CCCCCCCCCCCCCCC(=O)O[C@H](COC(=O)CCCCCCCCCCCCC)COP(=O)(O)OC[C@@H](O)COP(=O)(O)OC[C@@H](COC(=O)CCCCCCCCC)OC(=O)CCCCCCCCC. The number of carbonyl (C=O) groups excluding carboxylic acids is 4. The van der Waals surface area contributed by atoms with Crippen LogP contribution in [0.1, 0.15) is 291 Å². The summed E-state index contributed by atoms with van der Waals surface area (Å²) >= 11 is 0. The van der Waals surface area contributed by atoms with E-state index in [9.17, 15) is 43.2 Å². The van der Waals surface area contributed by atoms with E-state index < -0.39 is 97.5 Å². The molecule has 0 fully saturated rings. The summed E-state index contributed by atoms with van der Waals surface area (Å²) in [4.78, 5) is 71.7. The topological polar surface area (TPSA) is 237 Å². The molecule has 77 heavy (non-hydrogen) atoms. The molecule has 0 heterocycles. The molecule has 19 heteroatoms. The van der Waals surface area contributed by atoms with Crippen molar-refractivity contribution >= 4 is 39.5 Å². The zero-order valence-electron chi connectivity index (χ0n) is 48.9. The number of unbranched alkanes of at least 4 members (excludes halogenated alkanes) is 33. The Bertz CT molecular complexity index is 1500. The van der Waals surface area contributed by atoms with Crippen LogP contribution in [0.5, 0.6) is 0 Å². The molecule has 0 spiro atoms. The molecule has 2 unspecified atom stereocenters. The van der Waals surface area contributed by atoms with Crippen LogP contribution in [0.25, 0.3) is 0 Å². The van der Waals surface area contributed by atoms with E-state index in [4.69, 9.17) is 37.0 Å². The second-order valence-corrected chi connectivity index (χ2v) is 23.9. The minimum Gasteiger partial charge on any atom is -0.462 e. The van der Waals surface area contributed by atoms with Crippen molar-refractivity contribution in [3.05, 3.63) is 0 Å². The predicted octanol–water partition coefficient (Wildman–Crippen LogP) is 15.6. The Balaban J connectivity index is 5.19. The van der Waals surface area contributed by atoms with Crippen LogP contribution >= 0.6 is 15.6 Å². The highest BCUT2D eigenvalue weighted by molar-refractivity contribution is 7.47. The fraction of sp³-hybridized carbons (Fsp3) is 0.931. The first-order chi connectivity index (χ1) is 37.2.